The Hall–Kier alpha value is -2.63. The summed E-state index contributed by atoms with van der Waals surface area (Å²) >= 11 is 1.04. The van der Waals surface area contributed by atoms with E-state index in [0.29, 0.717) is 6.42 Å². The molecule has 1 atom stereocenters. The summed E-state index contributed by atoms with van der Waals surface area (Å²) in [4.78, 5) is 60.4. The maximum Gasteiger partial charge on any atom is 0.249 e. The minimum atomic E-state index is -1.36. The van der Waals surface area contributed by atoms with Crippen LogP contribution < -0.4 is 5.32 Å². The highest BCUT2D eigenvalue weighted by molar-refractivity contribution is 8.04. The van der Waals surface area contributed by atoms with E-state index >= 15 is 0 Å². The number of hydrogen-bond donors (Lipinski definition) is 3. The van der Waals surface area contributed by atoms with Crippen LogP contribution in [0.25, 0.3) is 0 Å². The van der Waals surface area contributed by atoms with Gasteiger partial charge in [-0.15, -0.1) is 11.8 Å². The van der Waals surface area contributed by atoms with E-state index in [1.807, 2.05) is 0 Å². The summed E-state index contributed by atoms with van der Waals surface area (Å²) in [5.74, 6) is -2.28. The first-order valence-electron chi connectivity index (χ1n) is 10.0. The highest BCUT2D eigenvalue weighted by Gasteiger charge is 2.35. The molecule has 0 aliphatic heterocycles. The second kappa shape index (κ2) is 10.8. The molecule has 1 aromatic rings. The minimum absolute atomic E-state index is 0.0896. The molecule has 1 aromatic heterocycles. The van der Waals surface area contributed by atoms with E-state index < -0.39 is 34.8 Å². The predicted octanol–water partition coefficient (Wildman–Crippen LogP) is 1.11. The van der Waals surface area contributed by atoms with Crippen molar-refractivity contribution in [1.82, 2.24) is 10.5 Å². The molecule has 0 fully saturated rings. The van der Waals surface area contributed by atoms with Crippen LogP contribution in [0.3, 0.4) is 0 Å². The number of amides is 1. The Morgan fingerprint density at radius 2 is 1.94 bits per heavy atom. The molecular weight excluding hydrogens is 440 g/mol. The van der Waals surface area contributed by atoms with Gasteiger partial charge in [0.1, 0.15) is 17.5 Å². The van der Waals surface area contributed by atoms with Gasteiger partial charge in [-0.25, -0.2) is 0 Å². The molecule has 3 N–H and O–H groups in total. The maximum absolute atomic E-state index is 12.6. The molecule has 11 heteroatoms. The average Bonchev–Trinajstić information content (AvgIpc) is 3.20. The van der Waals surface area contributed by atoms with Crippen LogP contribution in [0.15, 0.2) is 15.5 Å². The number of Topliss-reactive ketones (excluding diaryl/α,β-unsaturated/α-hetero) is 3. The molecule has 1 heterocycles. The van der Waals surface area contributed by atoms with Gasteiger partial charge in [-0.2, -0.15) is 0 Å². The van der Waals surface area contributed by atoms with Crippen LogP contribution in [0.1, 0.15) is 71.4 Å². The molecule has 2 rings (SSSR count). The molecule has 10 nitrogen and oxygen atoms in total. The molecule has 0 bridgehead atoms. The van der Waals surface area contributed by atoms with Gasteiger partial charge in [0, 0.05) is 43.6 Å². The highest BCUT2D eigenvalue weighted by atomic mass is 32.2. The van der Waals surface area contributed by atoms with Crippen LogP contribution in [-0.4, -0.2) is 69.4 Å². The number of rotatable bonds is 12. The maximum atomic E-state index is 12.6. The van der Waals surface area contributed by atoms with Crippen LogP contribution in [0.2, 0.25) is 0 Å². The van der Waals surface area contributed by atoms with Gasteiger partial charge < -0.3 is 20.1 Å². The third-order valence-electron chi connectivity index (χ3n) is 4.93. The fraction of sp³-hybridized carbons (Fsp3) is 0.524. The molecule has 1 amide bonds. The highest BCUT2D eigenvalue weighted by Crippen LogP contribution is 2.31. The number of carbonyl (C=O) groups excluding carboxylic acids is 5. The Morgan fingerprint density at radius 1 is 1.25 bits per heavy atom. The van der Waals surface area contributed by atoms with Crippen molar-refractivity contribution in [2.45, 2.75) is 46.1 Å². The zero-order valence-electron chi connectivity index (χ0n) is 18.1. The summed E-state index contributed by atoms with van der Waals surface area (Å²) in [7, 11) is 0. The number of ketones is 4. The second-order valence-corrected chi connectivity index (χ2v) is 9.21. The molecule has 0 radical (unpaired) electrons. The lowest BCUT2D eigenvalue weighted by molar-refractivity contribution is -0.137. The Balaban J connectivity index is 1.76. The Bertz CT molecular complexity index is 963. The van der Waals surface area contributed by atoms with Gasteiger partial charge in [0.15, 0.2) is 11.5 Å². The van der Waals surface area contributed by atoms with Crippen LogP contribution >= 0.6 is 11.8 Å². The SMILES string of the molecule is CC(=O)c1noc2c1C(=O)C(SCCC(=O)CCCNC(=O)[C@H](O)C(C)(C)CO)=CC2=O. The fourth-order valence-corrected chi connectivity index (χ4v) is 3.80. The summed E-state index contributed by atoms with van der Waals surface area (Å²) in [6.07, 6.45) is 0.458. The van der Waals surface area contributed by atoms with Crippen molar-refractivity contribution < 1.29 is 38.7 Å². The number of fused-ring (bicyclic) bond motifs is 1. The predicted molar refractivity (Wildman–Crippen MR) is 114 cm³/mol. The summed E-state index contributed by atoms with van der Waals surface area (Å²) in [5.41, 5.74) is -1.29. The average molecular weight is 467 g/mol. The summed E-state index contributed by atoms with van der Waals surface area (Å²) in [6.45, 7) is 4.18. The quantitative estimate of drug-likeness (QED) is 0.300. The smallest absolute Gasteiger partial charge is 0.249 e. The third-order valence-corrected chi connectivity index (χ3v) is 5.95. The van der Waals surface area contributed by atoms with Crippen molar-refractivity contribution in [1.29, 1.82) is 0 Å². The van der Waals surface area contributed by atoms with Gasteiger partial charge in [-0.1, -0.05) is 19.0 Å². The van der Waals surface area contributed by atoms with Crippen molar-refractivity contribution in [2.75, 3.05) is 18.9 Å². The van der Waals surface area contributed by atoms with Crippen LogP contribution in [0.4, 0.5) is 0 Å². The number of aliphatic hydroxyl groups is 2. The molecule has 0 unspecified atom stereocenters. The molecular formula is C21H26N2O8S. The van der Waals surface area contributed by atoms with Crippen LogP contribution in [-0.2, 0) is 9.59 Å². The minimum Gasteiger partial charge on any atom is -0.396 e. The molecule has 0 saturated heterocycles. The Morgan fingerprint density at radius 3 is 2.56 bits per heavy atom. The number of allylic oxidation sites excluding steroid dienone is 2. The number of aliphatic hydroxyl groups excluding tert-OH is 2. The van der Waals surface area contributed by atoms with Crippen LogP contribution in [0, 0.1) is 5.41 Å². The molecule has 32 heavy (non-hydrogen) atoms. The van der Waals surface area contributed by atoms with Gasteiger partial charge >= 0.3 is 0 Å². The topological polar surface area (TPSA) is 164 Å². The van der Waals surface area contributed by atoms with E-state index in [1.54, 1.807) is 13.8 Å². The molecule has 0 saturated carbocycles. The molecule has 0 aromatic carbocycles. The van der Waals surface area contributed by atoms with Gasteiger partial charge in [0.05, 0.1) is 11.5 Å². The van der Waals surface area contributed by atoms with Gasteiger partial charge in [-0.3, -0.25) is 24.0 Å². The second-order valence-electron chi connectivity index (χ2n) is 8.07. The standard InChI is InChI=1S/C21H26N2O8S/c1-11(25)16-15-17(28)14(9-13(27)18(15)31-23-16)32-8-6-12(26)5-4-7-22-20(30)19(29)21(2,3)10-24/h9,19,24,29H,4-8,10H2,1-3H3,(H,22,30)/t19-/m0/s1. The van der Waals surface area contributed by atoms with Gasteiger partial charge in [0.25, 0.3) is 0 Å². The molecule has 1 aliphatic rings. The van der Waals surface area contributed by atoms with Crippen LogP contribution in [0.5, 0.6) is 0 Å². The summed E-state index contributed by atoms with van der Waals surface area (Å²) < 4.78 is 4.83. The zero-order valence-corrected chi connectivity index (χ0v) is 18.9. The zero-order chi connectivity index (χ0) is 24.1. The third kappa shape index (κ3) is 5.99. The first kappa shape index (κ1) is 25.6. The van der Waals surface area contributed by atoms with Gasteiger partial charge in [-0.05, 0) is 6.42 Å². The number of hydrogen-bond acceptors (Lipinski definition) is 10. The molecule has 1 aliphatic carbocycles. The Kier molecular flexibility index (Phi) is 8.65. The van der Waals surface area contributed by atoms with Gasteiger partial charge in [0.2, 0.25) is 23.2 Å². The fourth-order valence-electron chi connectivity index (χ4n) is 2.82. The monoisotopic (exact) mass is 466 g/mol. The van der Waals surface area contributed by atoms with E-state index in [0.717, 1.165) is 17.8 Å². The van der Waals surface area contributed by atoms with Crippen molar-refractivity contribution in [3.05, 3.63) is 28.0 Å². The van der Waals surface area contributed by atoms with E-state index in [4.69, 9.17) is 4.52 Å². The van der Waals surface area contributed by atoms with Crippen molar-refractivity contribution in [2.24, 2.45) is 5.41 Å². The van der Waals surface area contributed by atoms with Crippen molar-refractivity contribution in [3.8, 4) is 0 Å². The van der Waals surface area contributed by atoms with E-state index in [-0.39, 0.29) is 59.5 Å². The number of nitrogens with zero attached hydrogens (tertiary/aromatic N) is 1. The number of carbonyl (C=O) groups is 5. The largest absolute Gasteiger partial charge is 0.396 e. The van der Waals surface area contributed by atoms with Crippen molar-refractivity contribution >= 4 is 40.8 Å². The lowest BCUT2D eigenvalue weighted by Crippen LogP contribution is -2.45. The first-order chi connectivity index (χ1) is 15.0. The Labute approximate surface area is 188 Å². The van der Waals surface area contributed by atoms with E-state index in [2.05, 4.69) is 10.5 Å². The molecule has 174 valence electrons. The lowest BCUT2D eigenvalue weighted by Gasteiger charge is -2.27. The number of thioether (sulfide) groups is 1. The number of nitrogens with one attached hydrogen (secondary N) is 1. The normalized spacial score (nSPS) is 14.6. The summed E-state index contributed by atoms with van der Waals surface area (Å²) in [5, 5.41) is 25.1. The first-order valence-corrected chi connectivity index (χ1v) is 11.0. The van der Waals surface area contributed by atoms with Crippen molar-refractivity contribution in [3.63, 3.8) is 0 Å². The molecule has 0 spiro atoms. The lowest BCUT2D eigenvalue weighted by atomic mass is 9.87. The number of aromatic nitrogens is 1. The van der Waals surface area contributed by atoms with E-state index in [1.165, 1.54) is 6.92 Å². The summed E-state index contributed by atoms with van der Waals surface area (Å²) in [6, 6.07) is 0. The van der Waals surface area contributed by atoms with E-state index in [9.17, 15) is 34.2 Å².